The van der Waals surface area contributed by atoms with Crippen LogP contribution in [0.3, 0.4) is 0 Å². The normalized spacial score (nSPS) is 11.3. The van der Waals surface area contributed by atoms with Crippen molar-refractivity contribution in [1.82, 2.24) is 0 Å². The quantitative estimate of drug-likeness (QED) is 0.144. The fourth-order valence-corrected chi connectivity index (χ4v) is 9.67. The fourth-order valence-electron chi connectivity index (χ4n) is 9.67. The van der Waals surface area contributed by atoms with Gasteiger partial charge in [-0.1, -0.05) is 206 Å². The minimum absolute atomic E-state index is 0.862. The zero-order chi connectivity index (χ0) is 43.8. The molecule has 2 nitrogen and oxygen atoms in total. The van der Waals surface area contributed by atoms with Crippen molar-refractivity contribution in [3.8, 4) is 66.8 Å². The van der Waals surface area contributed by atoms with E-state index in [1.807, 2.05) is 6.07 Å². The van der Waals surface area contributed by atoms with Crippen LogP contribution in [-0.2, 0) is 0 Å². The molecule has 310 valence electrons. The first-order valence-electron chi connectivity index (χ1n) is 22.6. The lowest BCUT2D eigenvalue weighted by molar-refractivity contribution is 0.670. The molecule has 0 fully saturated rings. The van der Waals surface area contributed by atoms with Crippen molar-refractivity contribution in [1.29, 1.82) is 0 Å². The number of nitrogens with zero attached hydrogens (tertiary/aromatic N) is 1. The Morgan fingerprint density at radius 3 is 1.41 bits per heavy atom. The monoisotopic (exact) mass is 841 g/mol. The summed E-state index contributed by atoms with van der Waals surface area (Å²) in [5.41, 5.74) is 19.0. The minimum atomic E-state index is 0.862. The molecule has 66 heavy (non-hydrogen) atoms. The van der Waals surface area contributed by atoms with E-state index in [-0.39, 0.29) is 0 Å². The summed E-state index contributed by atoms with van der Waals surface area (Å²) in [6, 6.07) is 93.7. The molecule has 0 aliphatic heterocycles. The van der Waals surface area contributed by atoms with Crippen molar-refractivity contribution >= 4 is 49.8 Å². The third-order valence-electron chi connectivity index (χ3n) is 12.9. The molecule has 12 aromatic rings. The highest BCUT2D eigenvalue weighted by molar-refractivity contribution is 6.17. The van der Waals surface area contributed by atoms with Crippen molar-refractivity contribution in [2.75, 3.05) is 4.90 Å². The summed E-state index contributed by atoms with van der Waals surface area (Å²) in [6.07, 6.45) is 0. The third-order valence-corrected chi connectivity index (χ3v) is 12.9. The van der Waals surface area contributed by atoms with Gasteiger partial charge in [-0.05, 0) is 127 Å². The number of benzene rings is 11. The number of fused-ring (bicyclic) bond motifs is 4. The molecule has 2 heteroatoms. The second-order valence-corrected chi connectivity index (χ2v) is 16.8. The van der Waals surface area contributed by atoms with E-state index < -0.39 is 0 Å². The predicted octanol–water partition coefficient (Wildman–Crippen LogP) is 18.2. The molecular formula is C64H43NO. The first-order chi connectivity index (χ1) is 32.7. The number of hydrogen-bond donors (Lipinski definition) is 0. The molecule has 0 N–H and O–H groups in total. The van der Waals surface area contributed by atoms with Gasteiger partial charge in [0.15, 0.2) is 0 Å². The molecule has 12 rings (SSSR count). The van der Waals surface area contributed by atoms with Crippen LogP contribution < -0.4 is 4.90 Å². The summed E-state index contributed by atoms with van der Waals surface area (Å²) in [5, 5.41) is 4.64. The molecule has 1 heterocycles. The van der Waals surface area contributed by atoms with Crippen LogP contribution in [0.4, 0.5) is 17.1 Å². The molecule has 0 amide bonds. The summed E-state index contributed by atoms with van der Waals surface area (Å²) in [7, 11) is 0. The Morgan fingerprint density at radius 2 is 0.742 bits per heavy atom. The number of para-hydroxylation sites is 1. The highest BCUT2D eigenvalue weighted by Gasteiger charge is 2.23. The smallest absolute Gasteiger partial charge is 0.145 e. The van der Waals surface area contributed by atoms with Gasteiger partial charge in [-0.15, -0.1) is 0 Å². The van der Waals surface area contributed by atoms with Crippen LogP contribution >= 0.6 is 0 Å². The zero-order valence-electron chi connectivity index (χ0n) is 36.2. The number of anilines is 3. The van der Waals surface area contributed by atoms with Crippen LogP contribution in [0.2, 0.25) is 0 Å². The SMILES string of the molecule is c1ccc(-c2ccccc2-c2ccccc2-c2ccc(N(c3ccc(-c4cccc(-c5ccc6ccccc6c5)c4)cc3)c3ccc(-c4ccccc4)c4oc5ccccc5c34)cc2)cc1. The molecule has 11 aromatic carbocycles. The van der Waals surface area contributed by atoms with Gasteiger partial charge in [0, 0.05) is 22.3 Å². The minimum Gasteiger partial charge on any atom is -0.455 e. The standard InChI is InChI=1S/C64H43NO/c1-3-17-46(18-4-1)55-24-9-11-26-58(55)59-27-12-10-25-56(59)48-34-38-54(39-35-48)65(61-41-40-57(47-19-5-2-6-20-47)64-63(61)60-28-13-14-29-62(60)66-64)53-36-32-45(33-37-53)50-22-15-23-51(42-50)52-31-30-44-16-7-8-21-49(44)43-52/h1-43H. The van der Waals surface area contributed by atoms with E-state index in [4.69, 9.17) is 4.42 Å². The summed E-state index contributed by atoms with van der Waals surface area (Å²) >= 11 is 0. The van der Waals surface area contributed by atoms with Gasteiger partial charge >= 0.3 is 0 Å². The molecule has 1 aromatic heterocycles. The fraction of sp³-hybridized carbons (Fsp3) is 0. The summed E-state index contributed by atoms with van der Waals surface area (Å²) in [6.45, 7) is 0. The molecule has 0 aliphatic carbocycles. The van der Waals surface area contributed by atoms with E-state index in [1.165, 1.54) is 55.3 Å². The van der Waals surface area contributed by atoms with Gasteiger partial charge in [0.2, 0.25) is 0 Å². The molecule has 0 spiro atoms. The molecule has 0 unspecified atom stereocenters. The Kier molecular flexibility index (Phi) is 9.89. The predicted molar refractivity (Wildman–Crippen MR) is 279 cm³/mol. The second kappa shape index (κ2) is 16.8. The Balaban J connectivity index is 0.985. The summed E-state index contributed by atoms with van der Waals surface area (Å²) < 4.78 is 6.80. The highest BCUT2D eigenvalue weighted by atomic mass is 16.3. The summed E-state index contributed by atoms with van der Waals surface area (Å²) in [5.74, 6) is 0. The molecule has 0 aliphatic rings. The second-order valence-electron chi connectivity index (χ2n) is 16.8. The Bertz CT molecular complexity index is 3680. The maximum atomic E-state index is 6.80. The van der Waals surface area contributed by atoms with Crippen LogP contribution in [-0.4, -0.2) is 0 Å². The Hall–Kier alpha value is -8.72. The van der Waals surface area contributed by atoms with E-state index in [0.717, 1.165) is 61.3 Å². The maximum Gasteiger partial charge on any atom is 0.145 e. The third kappa shape index (κ3) is 7.12. The van der Waals surface area contributed by atoms with Crippen molar-refractivity contribution < 1.29 is 4.42 Å². The van der Waals surface area contributed by atoms with Crippen LogP contribution in [0, 0.1) is 0 Å². The Morgan fingerprint density at radius 1 is 0.273 bits per heavy atom. The van der Waals surface area contributed by atoms with Crippen LogP contribution in [0.5, 0.6) is 0 Å². The van der Waals surface area contributed by atoms with Gasteiger partial charge in [-0.25, -0.2) is 0 Å². The number of furan rings is 1. The van der Waals surface area contributed by atoms with Crippen molar-refractivity contribution in [2.24, 2.45) is 0 Å². The van der Waals surface area contributed by atoms with Gasteiger partial charge in [0.05, 0.1) is 11.1 Å². The number of rotatable bonds is 9. The molecule has 0 atom stereocenters. The van der Waals surface area contributed by atoms with Gasteiger partial charge in [-0.3, -0.25) is 0 Å². The first-order valence-corrected chi connectivity index (χ1v) is 22.6. The zero-order valence-corrected chi connectivity index (χ0v) is 36.2. The molecule has 0 bridgehead atoms. The number of hydrogen-bond acceptors (Lipinski definition) is 2. The van der Waals surface area contributed by atoms with Gasteiger partial charge in [0.1, 0.15) is 11.2 Å². The van der Waals surface area contributed by atoms with Gasteiger partial charge in [0.25, 0.3) is 0 Å². The molecular weight excluding hydrogens is 799 g/mol. The average molecular weight is 842 g/mol. The molecule has 0 radical (unpaired) electrons. The van der Waals surface area contributed by atoms with E-state index in [0.29, 0.717) is 0 Å². The summed E-state index contributed by atoms with van der Waals surface area (Å²) in [4.78, 5) is 2.38. The van der Waals surface area contributed by atoms with E-state index in [9.17, 15) is 0 Å². The van der Waals surface area contributed by atoms with Gasteiger partial charge < -0.3 is 9.32 Å². The van der Waals surface area contributed by atoms with Crippen molar-refractivity contribution in [2.45, 2.75) is 0 Å². The van der Waals surface area contributed by atoms with E-state index in [2.05, 4.69) is 260 Å². The lowest BCUT2D eigenvalue weighted by Crippen LogP contribution is -2.10. The van der Waals surface area contributed by atoms with E-state index >= 15 is 0 Å². The topological polar surface area (TPSA) is 16.4 Å². The van der Waals surface area contributed by atoms with Crippen molar-refractivity contribution in [3.05, 3.63) is 261 Å². The van der Waals surface area contributed by atoms with Crippen LogP contribution in [0.25, 0.3) is 99.5 Å². The molecule has 0 saturated carbocycles. The largest absolute Gasteiger partial charge is 0.455 e. The van der Waals surface area contributed by atoms with Crippen LogP contribution in [0.15, 0.2) is 265 Å². The first kappa shape index (κ1) is 38.9. The van der Waals surface area contributed by atoms with Gasteiger partial charge in [-0.2, -0.15) is 0 Å². The average Bonchev–Trinajstić information content (AvgIpc) is 3.80. The lowest BCUT2D eigenvalue weighted by atomic mass is 9.89. The maximum absolute atomic E-state index is 6.80. The van der Waals surface area contributed by atoms with E-state index in [1.54, 1.807) is 0 Å². The Labute approximate surface area is 384 Å². The lowest BCUT2D eigenvalue weighted by Gasteiger charge is -2.27. The highest BCUT2D eigenvalue weighted by Crippen LogP contribution is 2.47. The molecule has 0 saturated heterocycles. The van der Waals surface area contributed by atoms with Crippen molar-refractivity contribution in [3.63, 3.8) is 0 Å². The van der Waals surface area contributed by atoms with Crippen LogP contribution in [0.1, 0.15) is 0 Å².